The van der Waals surface area contributed by atoms with E-state index in [1.165, 1.54) is 75.0 Å². The normalized spacial score (nSPS) is 11.6. The molecule has 0 saturated carbocycles. The number of hydrogen-bond donors (Lipinski definition) is 0. The van der Waals surface area contributed by atoms with E-state index in [0.29, 0.717) is 0 Å². The fourth-order valence-electron chi connectivity index (χ4n) is 8.28. The van der Waals surface area contributed by atoms with E-state index in [1.807, 2.05) is 11.3 Å². The van der Waals surface area contributed by atoms with E-state index < -0.39 is 0 Å². The van der Waals surface area contributed by atoms with Crippen LogP contribution in [0.15, 0.2) is 206 Å². The summed E-state index contributed by atoms with van der Waals surface area (Å²) in [6.07, 6.45) is 0. The lowest BCUT2D eigenvalue weighted by Gasteiger charge is -2.26. The van der Waals surface area contributed by atoms with Gasteiger partial charge in [-0.15, -0.1) is 11.3 Å². The highest BCUT2D eigenvalue weighted by Crippen LogP contribution is 2.42. The van der Waals surface area contributed by atoms with Crippen LogP contribution in [0, 0.1) is 0 Å². The summed E-state index contributed by atoms with van der Waals surface area (Å²) in [5.74, 6) is 0. The quantitative estimate of drug-likeness (QED) is 0.166. The predicted molar refractivity (Wildman–Crippen MR) is 237 cm³/mol. The highest BCUT2D eigenvalue weighted by molar-refractivity contribution is 7.25. The van der Waals surface area contributed by atoms with Crippen molar-refractivity contribution in [3.63, 3.8) is 0 Å². The maximum Gasteiger partial charge on any atom is 0.0541 e. The van der Waals surface area contributed by atoms with Gasteiger partial charge >= 0.3 is 0 Å². The Morgan fingerprint density at radius 1 is 0.327 bits per heavy atom. The third kappa shape index (κ3) is 5.40. The summed E-state index contributed by atoms with van der Waals surface area (Å²) in [5, 5.41) is 7.65. The number of anilines is 3. The molecule has 0 aliphatic rings. The maximum atomic E-state index is 2.38. The molecule has 2 aromatic heterocycles. The van der Waals surface area contributed by atoms with Crippen LogP contribution in [0.4, 0.5) is 17.1 Å². The van der Waals surface area contributed by atoms with E-state index in [2.05, 4.69) is 216 Å². The van der Waals surface area contributed by atoms with Gasteiger partial charge in [0.05, 0.1) is 11.0 Å². The average molecular weight is 719 g/mol. The van der Waals surface area contributed by atoms with Gasteiger partial charge in [-0.2, -0.15) is 0 Å². The van der Waals surface area contributed by atoms with Crippen LogP contribution in [0.2, 0.25) is 0 Å². The van der Waals surface area contributed by atoms with E-state index in [-0.39, 0.29) is 0 Å². The molecule has 0 saturated heterocycles. The third-order valence-electron chi connectivity index (χ3n) is 11.0. The van der Waals surface area contributed by atoms with E-state index >= 15 is 0 Å². The average Bonchev–Trinajstić information content (AvgIpc) is 3.80. The van der Waals surface area contributed by atoms with Crippen molar-refractivity contribution >= 4 is 81.1 Å². The summed E-state index contributed by atoms with van der Waals surface area (Å²) in [5.41, 5.74) is 11.8. The lowest BCUT2D eigenvalue weighted by Crippen LogP contribution is -2.09. The zero-order valence-electron chi connectivity index (χ0n) is 29.9. The van der Waals surface area contributed by atoms with Gasteiger partial charge in [-0.1, -0.05) is 127 Å². The van der Waals surface area contributed by atoms with Gasteiger partial charge in [-0.05, 0) is 112 Å². The number of benzene rings is 9. The number of nitrogens with zero attached hydrogens (tertiary/aromatic N) is 2. The van der Waals surface area contributed by atoms with E-state index in [4.69, 9.17) is 0 Å². The molecule has 2 heterocycles. The molecular weight excluding hydrogens is 685 g/mol. The summed E-state index contributed by atoms with van der Waals surface area (Å²) in [6.45, 7) is 0. The van der Waals surface area contributed by atoms with Crippen LogP contribution >= 0.6 is 11.3 Å². The van der Waals surface area contributed by atoms with Gasteiger partial charge in [0.25, 0.3) is 0 Å². The summed E-state index contributed by atoms with van der Waals surface area (Å²) in [4.78, 5) is 2.38. The second-order valence-electron chi connectivity index (χ2n) is 14.2. The molecule has 11 aromatic rings. The van der Waals surface area contributed by atoms with Crippen LogP contribution in [-0.4, -0.2) is 4.57 Å². The van der Waals surface area contributed by atoms with Gasteiger partial charge < -0.3 is 9.47 Å². The number of para-hydroxylation sites is 2. The second kappa shape index (κ2) is 12.9. The zero-order chi connectivity index (χ0) is 36.3. The number of rotatable bonds is 6. The van der Waals surface area contributed by atoms with Crippen molar-refractivity contribution in [2.75, 3.05) is 4.90 Å². The molecule has 55 heavy (non-hydrogen) atoms. The summed E-state index contributed by atoms with van der Waals surface area (Å²) < 4.78 is 4.99. The fraction of sp³-hybridized carbons (Fsp3) is 0. The van der Waals surface area contributed by atoms with Gasteiger partial charge in [-0.25, -0.2) is 0 Å². The molecule has 0 radical (unpaired) electrons. The summed E-state index contributed by atoms with van der Waals surface area (Å²) >= 11 is 1.85. The van der Waals surface area contributed by atoms with E-state index in [1.54, 1.807) is 0 Å². The number of aromatic nitrogens is 1. The highest BCUT2D eigenvalue weighted by atomic mass is 32.1. The standard InChI is InChI=1S/C52H34N2S/c1-2-10-39-33-40(18-17-35(39)9-1)38-23-27-42(28-24-38)53(44-31-32-52-48(34-44)47-13-5-8-16-51(47)55-52)41-25-19-36(20-26-41)37-21-29-43(30-22-37)54-49-14-6-3-11-45(49)46-12-4-7-15-50(46)54/h1-34H. The van der Waals surface area contributed by atoms with E-state index in [0.717, 1.165) is 22.7 Å². The topological polar surface area (TPSA) is 8.17 Å². The molecular formula is C52H34N2S. The molecule has 0 aliphatic carbocycles. The van der Waals surface area contributed by atoms with Gasteiger partial charge in [0, 0.05) is 53.7 Å². The third-order valence-corrected chi connectivity index (χ3v) is 12.1. The summed E-state index contributed by atoms with van der Waals surface area (Å²) in [6, 6.07) is 75.2. The van der Waals surface area contributed by atoms with Gasteiger partial charge in [0.2, 0.25) is 0 Å². The molecule has 258 valence electrons. The zero-order valence-corrected chi connectivity index (χ0v) is 30.7. The SMILES string of the molecule is c1ccc2cc(-c3ccc(N(c4ccc(-c5ccc(-n6c7ccccc7c7ccccc76)cc5)cc4)c4ccc5sc6ccccc6c5c4)cc3)ccc2c1. The first kappa shape index (κ1) is 31.6. The predicted octanol–water partition coefficient (Wildman–Crippen LogP) is 15.1. The minimum absolute atomic E-state index is 1.11. The lowest BCUT2D eigenvalue weighted by atomic mass is 10.0. The van der Waals surface area contributed by atoms with Crippen LogP contribution in [-0.2, 0) is 0 Å². The van der Waals surface area contributed by atoms with E-state index in [9.17, 15) is 0 Å². The monoisotopic (exact) mass is 718 g/mol. The minimum atomic E-state index is 1.11. The molecule has 0 spiro atoms. The van der Waals surface area contributed by atoms with Gasteiger partial charge in [0.15, 0.2) is 0 Å². The Morgan fingerprint density at radius 3 is 1.49 bits per heavy atom. The minimum Gasteiger partial charge on any atom is -0.310 e. The molecule has 0 bridgehead atoms. The first-order chi connectivity index (χ1) is 27.2. The highest BCUT2D eigenvalue weighted by Gasteiger charge is 2.16. The Balaban J connectivity index is 0.968. The fourth-order valence-corrected chi connectivity index (χ4v) is 9.37. The van der Waals surface area contributed by atoms with Crippen molar-refractivity contribution in [1.29, 1.82) is 0 Å². The maximum absolute atomic E-state index is 2.38. The van der Waals surface area contributed by atoms with Crippen molar-refractivity contribution in [2.24, 2.45) is 0 Å². The van der Waals surface area contributed by atoms with Crippen molar-refractivity contribution in [3.05, 3.63) is 206 Å². The van der Waals surface area contributed by atoms with Crippen LogP contribution in [0.3, 0.4) is 0 Å². The first-order valence-electron chi connectivity index (χ1n) is 18.7. The number of fused-ring (bicyclic) bond motifs is 7. The van der Waals surface area contributed by atoms with Crippen LogP contribution in [0.5, 0.6) is 0 Å². The van der Waals surface area contributed by atoms with Crippen LogP contribution in [0.1, 0.15) is 0 Å². The molecule has 0 N–H and O–H groups in total. The van der Waals surface area contributed by atoms with Gasteiger partial charge in [-0.3, -0.25) is 0 Å². The van der Waals surface area contributed by atoms with Crippen molar-refractivity contribution in [3.8, 4) is 27.9 Å². The number of hydrogen-bond acceptors (Lipinski definition) is 2. The molecule has 9 aromatic carbocycles. The molecule has 0 atom stereocenters. The molecule has 3 heteroatoms. The Labute approximate surface area is 323 Å². The van der Waals surface area contributed by atoms with Crippen molar-refractivity contribution < 1.29 is 0 Å². The molecule has 0 fully saturated rings. The molecule has 2 nitrogen and oxygen atoms in total. The molecule has 11 rings (SSSR count). The summed E-state index contributed by atoms with van der Waals surface area (Å²) in [7, 11) is 0. The molecule has 0 unspecified atom stereocenters. The smallest absolute Gasteiger partial charge is 0.0541 e. The van der Waals surface area contributed by atoms with Gasteiger partial charge in [0.1, 0.15) is 0 Å². The Kier molecular flexibility index (Phi) is 7.39. The van der Waals surface area contributed by atoms with Crippen LogP contribution in [0.25, 0.3) is 80.7 Å². The second-order valence-corrected chi connectivity index (χ2v) is 15.3. The molecule has 0 aliphatic heterocycles. The Hall–Kier alpha value is -6.94. The number of thiophene rings is 1. The van der Waals surface area contributed by atoms with Crippen molar-refractivity contribution in [2.45, 2.75) is 0 Å². The lowest BCUT2D eigenvalue weighted by molar-refractivity contribution is 1.18. The first-order valence-corrected chi connectivity index (χ1v) is 19.6. The largest absolute Gasteiger partial charge is 0.310 e. The van der Waals surface area contributed by atoms with Crippen molar-refractivity contribution in [1.82, 2.24) is 4.57 Å². The Morgan fingerprint density at radius 2 is 0.818 bits per heavy atom. The van der Waals surface area contributed by atoms with Crippen LogP contribution < -0.4 is 4.90 Å². The molecule has 0 amide bonds. The Bertz CT molecular complexity index is 3130.